The third-order valence-corrected chi connectivity index (χ3v) is 5.81. The number of halogens is 1. The molecule has 2 nitrogen and oxygen atoms in total. The summed E-state index contributed by atoms with van der Waals surface area (Å²) in [4.78, 5) is 8.19. The van der Waals surface area contributed by atoms with Crippen LogP contribution in [-0.4, -0.2) is 23.4 Å². The standard InChI is InChI=1S/C16H25BrN2S/c1-3-19(4-2)16-18-12-15(20-16)10-14(11-17)13-8-6-5-7-9-13/h10,12-13H,3-9,11H2,1-2H3/b14-10-. The summed E-state index contributed by atoms with van der Waals surface area (Å²) in [5.41, 5.74) is 1.56. The number of thiazole rings is 1. The first-order chi connectivity index (χ1) is 9.78. The molecule has 0 atom stereocenters. The number of allylic oxidation sites excluding steroid dienone is 1. The van der Waals surface area contributed by atoms with E-state index in [-0.39, 0.29) is 0 Å². The third kappa shape index (κ3) is 4.08. The van der Waals surface area contributed by atoms with Gasteiger partial charge in [0.2, 0.25) is 0 Å². The molecule has 0 bridgehead atoms. The smallest absolute Gasteiger partial charge is 0.185 e. The first kappa shape index (κ1) is 16.0. The van der Waals surface area contributed by atoms with E-state index in [0.717, 1.165) is 29.5 Å². The number of aromatic nitrogens is 1. The minimum Gasteiger partial charge on any atom is -0.349 e. The number of alkyl halides is 1. The molecule has 0 saturated heterocycles. The second-order valence-electron chi connectivity index (χ2n) is 5.41. The Morgan fingerprint density at radius 2 is 2.05 bits per heavy atom. The highest BCUT2D eigenvalue weighted by atomic mass is 79.9. The average Bonchev–Trinajstić information content (AvgIpc) is 2.95. The van der Waals surface area contributed by atoms with Crippen LogP contribution in [0.25, 0.3) is 6.08 Å². The summed E-state index contributed by atoms with van der Waals surface area (Å²) >= 11 is 5.49. The maximum atomic E-state index is 4.58. The second kappa shape index (κ2) is 8.18. The summed E-state index contributed by atoms with van der Waals surface area (Å²) in [6.07, 6.45) is 11.3. The van der Waals surface area contributed by atoms with E-state index in [2.05, 4.69) is 45.7 Å². The van der Waals surface area contributed by atoms with Crippen LogP contribution in [0.1, 0.15) is 50.8 Å². The normalized spacial score (nSPS) is 17.4. The van der Waals surface area contributed by atoms with Gasteiger partial charge >= 0.3 is 0 Å². The van der Waals surface area contributed by atoms with Gasteiger partial charge in [-0.3, -0.25) is 0 Å². The second-order valence-corrected chi connectivity index (χ2v) is 7.01. The van der Waals surface area contributed by atoms with Crippen LogP contribution in [0.3, 0.4) is 0 Å². The molecule has 0 spiro atoms. The molecule has 1 saturated carbocycles. The number of hydrogen-bond acceptors (Lipinski definition) is 3. The van der Waals surface area contributed by atoms with Gasteiger partial charge in [-0.05, 0) is 38.7 Å². The van der Waals surface area contributed by atoms with Gasteiger partial charge in [-0.25, -0.2) is 4.98 Å². The van der Waals surface area contributed by atoms with E-state index in [1.165, 1.54) is 37.0 Å². The highest BCUT2D eigenvalue weighted by Gasteiger charge is 2.17. The molecule has 1 aliphatic rings. The number of nitrogens with zero attached hydrogens (tertiary/aromatic N) is 2. The molecule has 0 aromatic carbocycles. The van der Waals surface area contributed by atoms with Crippen molar-refractivity contribution in [1.82, 2.24) is 4.98 Å². The maximum Gasteiger partial charge on any atom is 0.185 e. The van der Waals surface area contributed by atoms with Crippen LogP contribution in [0.5, 0.6) is 0 Å². The Kier molecular flexibility index (Phi) is 6.56. The van der Waals surface area contributed by atoms with Gasteiger partial charge in [0.05, 0.1) is 0 Å². The topological polar surface area (TPSA) is 16.1 Å². The molecule has 1 fully saturated rings. The molecule has 0 radical (unpaired) electrons. The summed E-state index contributed by atoms with van der Waals surface area (Å²) in [5, 5.41) is 2.15. The highest BCUT2D eigenvalue weighted by Crippen LogP contribution is 2.33. The fourth-order valence-electron chi connectivity index (χ4n) is 2.91. The summed E-state index contributed by atoms with van der Waals surface area (Å²) in [7, 11) is 0. The Hall–Kier alpha value is -0.350. The van der Waals surface area contributed by atoms with Crippen molar-refractivity contribution in [3.8, 4) is 0 Å². The van der Waals surface area contributed by atoms with Gasteiger partial charge < -0.3 is 4.90 Å². The van der Waals surface area contributed by atoms with Crippen molar-refractivity contribution >= 4 is 38.5 Å². The lowest BCUT2D eigenvalue weighted by molar-refractivity contribution is 0.406. The third-order valence-electron chi connectivity index (χ3n) is 4.16. The summed E-state index contributed by atoms with van der Waals surface area (Å²) in [6, 6.07) is 0. The minimum absolute atomic E-state index is 0.780. The van der Waals surface area contributed by atoms with Crippen molar-refractivity contribution in [3.05, 3.63) is 16.6 Å². The molecule has 2 rings (SSSR count). The van der Waals surface area contributed by atoms with Gasteiger partial charge in [0.25, 0.3) is 0 Å². The number of anilines is 1. The predicted octanol–water partition coefficient (Wildman–Crippen LogP) is 5.35. The van der Waals surface area contributed by atoms with Gasteiger partial charge in [-0.2, -0.15) is 0 Å². The van der Waals surface area contributed by atoms with E-state index in [9.17, 15) is 0 Å². The monoisotopic (exact) mass is 356 g/mol. The summed E-state index contributed by atoms with van der Waals surface area (Å²) < 4.78 is 0. The van der Waals surface area contributed by atoms with Crippen molar-refractivity contribution in [2.24, 2.45) is 5.92 Å². The molecule has 0 unspecified atom stereocenters. The molecule has 0 N–H and O–H groups in total. The fraction of sp³-hybridized carbons (Fsp3) is 0.688. The molecule has 1 heterocycles. The van der Waals surface area contributed by atoms with Gasteiger partial charge in [-0.1, -0.05) is 52.1 Å². The lowest BCUT2D eigenvalue weighted by Gasteiger charge is -2.23. The van der Waals surface area contributed by atoms with Crippen molar-refractivity contribution < 1.29 is 0 Å². The fourth-order valence-corrected chi connectivity index (χ4v) is 4.54. The average molecular weight is 357 g/mol. The first-order valence-corrected chi connectivity index (χ1v) is 9.69. The van der Waals surface area contributed by atoms with Gasteiger partial charge in [-0.15, -0.1) is 0 Å². The maximum absolute atomic E-state index is 4.58. The predicted molar refractivity (Wildman–Crippen MR) is 94.0 cm³/mol. The van der Waals surface area contributed by atoms with Crippen LogP contribution in [-0.2, 0) is 0 Å². The van der Waals surface area contributed by atoms with Crippen LogP contribution in [0.15, 0.2) is 11.8 Å². The molecule has 4 heteroatoms. The van der Waals surface area contributed by atoms with Crippen LogP contribution in [0, 0.1) is 5.92 Å². The van der Waals surface area contributed by atoms with Crippen LogP contribution < -0.4 is 4.90 Å². The molecule has 112 valence electrons. The van der Waals surface area contributed by atoms with Gasteiger partial charge in [0.1, 0.15) is 0 Å². The van der Waals surface area contributed by atoms with E-state index in [0.29, 0.717) is 0 Å². The number of rotatable bonds is 6. The largest absolute Gasteiger partial charge is 0.349 e. The lowest BCUT2D eigenvalue weighted by Crippen LogP contribution is -2.21. The molecular formula is C16H25BrN2S. The Balaban J connectivity index is 2.11. The highest BCUT2D eigenvalue weighted by molar-refractivity contribution is 9.09. The van der Waals surface area contributed by atoms with Gasteiger partial charge in [0.15, 0.2) is 5.13 Å². The van der Waals surface area contributed by atoms with E-state index >= 15 is 0 Å². The Bertz CT molecular complexity index is 431. The van der Waals surface area contributed by atoms with E-state index in [4.69, 9.17) is 0 Å². The molecule has 1 aliphatic carbocycles. The number of hydrogen-bond donors (Lipinski definition) is 0. The van der Waals surface area contributed by atoms with Crippen molar-refractivity contribution in [2.75, 3.05) is 23.3 Å². The molecule has 20 heavy (non-hydrogen) atoms. The zero-order valence-electron chi connectivity index (χ0n) is 12.6. The van der Waals surface area contributed by atoms with Crippen molar-refractivity contribution in [1.29, 1.82) is 0 Å². The molecule has 0 amide bonds. The van der Waals surface area contributed by atoms with Crippen LogP contribution >= 0.6 is 27.3 Å². The van der Waals surface area contributed by atoms with E-state index < -0.39 is 0 Å². The summed E-state index contributed by atoms with van der Waals surface area (Å²) in [5.74, 6) is 0.780. The molecule has 1 aromatic rings. The Morgan fingerprint density at radius 1 is 1.35 bits per heavy atom. The Morgan fingerprint density at radius 3 is 2.65 bits per heavy atom. The molecular weight excluding hydrogens is 332 g/mol. The van der Waals surface area contributed by atoms with Crippen molar-refractivity contribution in [3.63, 3.8) is 0 Å². The zero-order valence-corrected chi connectivity index (χ0v) is 15.0. The van der Waals surface area contributed by atoms with E-state index in [1.54, 1.807) is 5.57 Å². The summed E-state index contributed by atoms with van der Waals surface area (Å²) in [6.45, 7) is 6.43. The minimum atomic E-state index is 0.780. The van der Waals surface area contributed by atoms with E-state index in [1.807, 2.05) is 17.5 Å². The SMILES string of the molecule is CCN(CC)c1ncc(/C=C(/CBr)C2CCCCC2)s1. The molecule has 1 aromatic heterocycles. The molecule has 0 aliphatic heterocycles. The van der Waals surface area contributed by atoms with Crippen molar-refractivity contribution in [2.45, 2.75) is 46.0 Å². The first-order valence-electron chi connectivity index (χ1n) is 7.75. The lowest BCUT2D eigenvalue weighted by atomic mass is 9.84. The van der Waals surface area contributed by atoms with Crippen LogP contribution in [0.4, 0.5) is 5.13 Å². The van der Waals surface area contributed by atoms with Crippen LogP contribution in [0.2, 0.25) is 0 Å². The van der Waals surface area contributed by atoms with Gasteiger partial charge in [0, 0.05) is 29.5 Å². The Labute approximate surface area is 135 Å². The quantitative estimate of drug-likeness (QED) is 0.638. The zero-order chi connectivity index (χ0) is 14.4.